The molecule has 166 valence electrons. The Hall–Kier alpha value is -3.64. The van der Waals surface area contributed by atoms with E-state index in [1.54, 1.807) is 36.2 Å². The van der Waals surface area contributed by atoms with Gasteiger partial charge in [0.1, 0.15) is 11.5 Å². The third kappa shape index (κ3) is 6.68. The van der Waals surface area contributed by atoms with E-state index in [2.05, 4.69) is 10.6 Å². The van der Waals surface area contributed by atoms with E-state index in [4.69, 9.17) is 4.74 Å². The number of likely N-dealkylation sites (N-methyl/N-ethyl adjacent to an activating group) is 1. The summed E-state index contributed by atoms with van der Waals surface area (Å²) >= 11 is 0. The Balaban J connectivity index is 1.47. The summed E-state index contributed by atoms with van der Waals surface area (Å²) in [6, 6.07) is 20.7. The summed E-state index contributed by atoms with van der Waals surface area (Å²) in [5, 5.41) is 5.80. The quantitative estimate of drug-likeness (QED) is 0.531. The number of aryl methyl sites for hydroxylation is 3. The van der Waals surface area contributed by atoms with Crippen molar-refractivity contribution >= 4 is 23.2 Å². The van der Waals surface area contributed by atoms with Crippen molar-refractivity contribution in [2.75, 3.05) is 30.8 Å². The van der Waals surface area contributed by atoms with Gasteiger partial charge < -0.3 is 15.4 Å². The van der Waals surface area contributed by atoms with Gasteiger partial charge in [0.25, 0.3) is 0 Å². The van der Waals surface area contributed by atoms with Gasteiger partial charge in [-0.25, -0.2) is 0 Å². The van der Waals surface area contributed by atoms with Crippen molar-refractivity contribution in [2.45, 2.75) is 20.8 Å². The normalized spacial score (nSPS) is 10.7. The van der Waals surface area contributed by atoms with Crippen LogP contribution in [0.25, 0.3) is 0 Å². The summed E-state index contributed by atoms with van der Waals surface area (Å²) in [5.41, 5.74) is 4.70. The first-order chi connectivity index (χ1) is 15.3. The number of hydrogen-bond acceptors (Lipinski definition) is 4. The first-order valence-electron chi connectivity index (χ1n) is 10.5. The molecule has 0 fully saturated rings. The molecule has 0 aromatic heterocycles. The van der Waals surface area contributed by atoms with Crippen LogP contribution in [0.15, 0.2) is 66.7 Å². The van der Waals surface area contributed by atoms with Crippen molar-refractivity contribution in [3.05, 3.63) is 83.4 Å². The highest BCUT2D eigenvalue weighted by molar-refractivity contribution is 5.95. The lowest BCUT2D eigenvalue weighted by molar-refractivity contribution is -0.119. The minimum absolute atomic E-state index is 0.0988. The van der Waals surface area contributed by atoms with Gasteiger partial charge >= 0.3 is 0 Å². The number of hydrogen-bond donors (Lipinski definition) is 2. The molecule has 2 amide bonds. The number of benzene rings is 3. The van der Waals surface area contributed by atoms with Crippen molar-refractivity contribution in [3.63, 3.8) is 0 Å². The molecule has 2 N–H and O–H groups in total. The van der Waals surface area contributed by atoms with Crippen LogP contribution in [0.3, 0.4) is 0 Å². The topological polar surface area (TPSA) is 70.7 Å². The zero-order valence-electron chi connectivity index (χ0n) is 18.9. The third-order valence-corrected chi connectivity index (χ3v) is 4.89. The summed E-state index contributed by atoms with van der Waals surface area (Å²) < 4.78 is 5.75. The maximum Gasteiger partial charge on any atom is 0.238 e. The van der Waals surface area contributed by atoms with Crippen molar-refractivity contribution < 1.29 is 14.3 Å². The summed E-state index contributed by atoms with van der Waals surface area (Å²) in [4.78, 5) is 26.5. The van der Waals surface area contributed by atoms with E-state index in [1.165, 1.54) is 0 Å². The van der Waals surface area contributed by atoms with Crippen molar-refractivity contribution in [3.8, 4) is 11.5 Å². The SMILES string of the molecule is Cc1cc(C)c(NC(=O)CN(C)CC(=O)Nc2ccc(Oc3ccccc3)cc2)c(C)c1. The van der Waals surface area contributed by atoms with Crippen molar-refractivity contribution in [2.24, 2.45) is 0 Å². The molecule has 0 atom stereocenters. The Morgan fingerprint density at radius 2 is 1.31 bits per heavy atom. The van der Waals surface area contributed by atoms with Gasteiger partial charge in [-0.05, 0) is 75.3 Å². The lowest BCUT2D eigenvalue weighted by Gasteiger charge is -2.18. The largest absolute Gasteiger partial charge is 0.457 e. The van der Waals surface area contributed by atoms with Crippen LogP contribution in [0, 0.1) is 20.8 Å². The van der Waals surface area contributed by atoms with Gasteiger partial charge in [0.05, 0.1) is 13.1 Å². The summed E-state index contributed by atoms with van der Waals surface area (Å²) in [5.74, 6) is 1.09. The Morgan fingerprint density at radius 1 is 0.781 bits per heavy atom. The Morgan fingerprint density at radius 3 is 1.91 bits per heavy atom. The molecule has 0 saturated heterocycles. The van der Waals surface area contributed by atoms with Gasteiger partial charge in [-0.3, -0.25) is 14.5 Å². The molecule has 6 heteroatoms. The van der Waals surface area contributed by atoms with Crippen molar-refractivity contribution in [1.82, 2.24) is 4.90 Å². The number of carbonyl (C=O) groups is 2. The highest BCUT2D eigenvalue weighted by Gasteiger charge is 2.13. The van der Waals surface area contributed by atoms with Crippen LogP contribution < -0.4 is 15.4 Å². The predicted octanol–water partition coefficient (Wildman–Crippen LogP) is 4.91. The molecule has 3 aromatic carbocycles. The molecule has 3 rings (SSSR count). The second-order valence-corrected chi connectivity index (χ2v) is 7.98. The fourth-order valence-electron chi connectivity index (χ4n) is 3.53. The monoisotopic (exact) mass is 431 g/mol. The first-order valence-corrected chi connectivity index (χ1v) is 10.5. The first kappa shape index (κ1) is 23.0. The highest BCUT2D eigenvalue weighted by atomic mass is 16.5. The molecule has 0 unspecified atom stereocenters. The van der Waals surface area contributed by atoms with Gasteiger partial charge in [-0.15, -0.1) is 0 Å². The molecule has 0 radical (unpaired) electrons. The number of amides is 2. The number of nitrogens with one attached hydrogen (secondary N) is 2. The van der Waals surface area contributed by atoms with E-state index < -0.39 is 0 Å². The molecule has 0 saturated carbocycles. The smallest absolute Gasteiger partial charge is 0.238 e. The maximum atomic E-state index is 12.4. The van der Waals surface area contributed by atoms with Gasteiger partial charge in [-0.2, -0.15) is 0 Å². The molecule has 6 nitrogen and oxygen atoms in total. The van der Waals surface area contributed by atoms with Crippen LogP contribution in [0.5, 0.6) is 11.5 Å². The van der Waals surface area contributed by atoms with Gasteiger partial charge in [0.2, 0.25) is 11.8 Å². The number of para-hydroxylation sites is 1. The number of nitrogens with zero attached hydrogens (tertiary/aromatic N) is 1. The van der Waals surface area contributed by atoms with Crippen LogP contribution >= 0.6 is 0 Å². The number of anilines is 2. The molecule has 0 aliphatic heterocycles. The molecule has 0 heterocycles. The van der Waals surface area contributed by atoms with Gasteiger partial charge in [0, 0.05) is 11.4 Å². The van der Waals surface area contributed by atoms with E-state index in [0.717, 1.165) is 28.1 Å². The number of rotatable bonds is 8. The summed E-state index contributed by atoms with van der Waals surface area (Å²) in [7, 11) is 1.74. The standard InChI is InChI=1S/C26H29N3O3/c1-18-14-19(2)26(20(3)15-18)28-25(31)17-29(4)16-24(30)27-21-10-12-23(13-11-21)32-22-8-6-5-7-9-22/h5-15H,16-17H2,1-4H3,(H,27,30)(H,28,31). The van der Waals surface area contributed by atoms with Crippen LogP contribution in [0.1, 0.15) is 16.7 Å². The van der Waals surface area contributed by atoms with E-state index in [1.807, 2.05) is 63.2 Å². The minimum Gasteiger partial charge on any atom is -0.457 e. The molecule has 3 aromatic rings. The molecular formula is C26H29N3O3. The zero-order chi connectivity index (χ0) is 23.1. The van der Waals surface area contributed by atoms with Crippen LogP contribution in [0.2, 0.25) is 0 Å². The van der Waals surface area contributed by atoms with Gasteiger partial charge in [0.15, 0.2) is 0 Å². The summed E-state index contributed by atoms with van der Waals surface area (Å²) in [6.07, 6.45) is 0. The lowest BCUT2D eigenvalue weighted by Crippen LogP contribution is -2.36. The zero-order valence-corrected chi connectivity index (χ0v) is 18.9. The Kier molecular flexibility index (Phi) is 7.63. The predicted molar refractivity (Wildman–Crippen MR) is 128 cm³/mol. The Bertz CT molecular complexity index is 1060. The van der Waals surface area contributed by atoms with E-state index >= 15 is 0 Å². The minimum atomic E-state index is -0.195. The highest BCUT2D eigenvalue weighted by Crippen LogP contribution is 2.23. The van der Waals surface area contributed by atoms with E-state index in [-0.39, 0.29) is 24.9 Å². The lowest BCUT2D eigenvalue weighted by atomic mass is 10.1. The van der Waals surface area contributed by atoms with Crippen LogP contribution in [-0.2, 0) is 9.59 Å². The van der Waals surface area contributed by atoms with Crippen LogP contribution in [-0.4, -0.2) is 36.9 Å². The average molecular weight is 432 g/mol. The van der Waals surface area contributed by atoms with E-state index in [0.29, 0.717) is 11.4 Å². The van der Waals surface area contributed by atoms with Crippen LogP contribution in [0.4, 0.5) is 11.4 Å². The molecule has 0 aliphatic rings. The fraction of sp³-hybridized carbons (Fsp3) is 0.231. The third-order valence-electron chi connectivity index (χ3n) is 4.89. The molecule has 0 aliphatic carbocycles. The Labute approximate surface area is 189 Å². The number of carbonyl (C=O) groups excluding carboxylic acids is 2. The maximum absolute atomic E-state index is 12.4. The van der Waals surface area contributed by atoms with Crippen molar-refractivity contribution in [1.29, 1.82) is 0 Å². The molecular weight excluding hydrogens is 402 g/mol. The fourth-order valence-corrected chi connectivity index (χ4v) is 3.53. The van der Waals surface area contributed by atoms with E-state index in [9.17, 15) is 9.59 Å². The molecule has 32 heavy (non-hydrogen) atoms. The number of ether oxygens (including phenoxy) is 1. The van der Waals surface area contributed by atoms with Gasteiger partial charge in [-0.1, -0.05) is 35.9 Å². The second kappa shape index (κ2) is 10.6. The summed E-state index contributed by atoms with van der Waals surface area (Å²) in [6.45, 7) is 6.19. The second-order valence-electron chi connectivity index (χ2n) is 7.98. The molecule has 0 spiro atoms. The average Bonchev–Trinajstić information content (AvgIpc) is 2.72. The molecule has 0 bridgehead atoms.